The number of pyridine rings is 1. The lowest BCUT2D eigenvalue weighted by Gasteiger charge is -2.05. The minimum Gasteiger partial charge on any atom is -0.481 e. The largest absolute Gasteiger partial charge is 0.481 e. The van der Waals surface area contributed by atoms with E-state index < -0.39 is 0 Å². The zero-order valence-corrected chi connectivity index (χ0v) is 10.3. The molecule has 0 atom stereocenters. The second-order valence-corrected chi connectivity index (χ2v) is 3.84. The molecule has 6 heteroatoms. The molecular weight excluding hydrogens is 230 g/mol. The Morgan fingerprint density at radius 2 is 2.17 bits per heavy atom. The number of ether oxygens (including phenoxy) is 1. The number of nitrogens with one attached hydrogen (secondary N) is 1. The van der Waals surface area contributed by atoms with Gasteiger partial charge in [-0.2, -0.15) is 0 Å². The van der Waals surface area contributed by atoms with Crippen molar-refractivity contribution in [2.24, 2.45) is 5.84 Å². The number of nitrogens with two attached hydrogens (primary N) is 1. The van der Waals surface area contributed by atoms with E-state index in [9.17, 15) is 0 Å². The van der Waals surface area contributed by atoms with Crippen LogP contribution in [-0.4, -0.2) is 22.1 Å². The van der Waals surface area contributed by atoms with Crippen LogP contribution in [0.5, 0.6) is 5.88 Å². The van der Waals surface area contributed by atoms with Crippen LogP contribution in [0, 0.1) is 6.92 Å². The number of aromatic nitrogens is 3. The number of hydrogen-bond donors (Lipinski definition) is 2. The van der Waals surface area contributed by atoms with E-state index in [0.717, 1.165) is 11.3 Å². The van der Waals surface area contributed by atoms with E-state index in [2.05, 4.69) is 20.4 Å². The van der Waals surface area contributed by atoms with Crippen molar-refractivity contribution in [2.45, 2.75) is 13.3 Å². The van der Waals surface area contributed by atoms with Gasteiger partial charge in [-0.1, -0.05) is 6.07 Å². The molecule has 0 aliphatic heterocycles. The smallest absolute Gasteiger partial charge is 0.212 e. The number of hydrazine groups is 1. The minimum absolute atomic E-state index is 0.591. The lowest BCUT2D eigenvalue weighted by molar-refractivity contribution is 0.397. The highest BCUT2D eigenvalue weighted by Gasteiger charge is 2.04. The summed E-state index contributed by atoms with van der Waals surface area (Å²) in [7, 11) is 1.59. The fraction of sp³-hybridized carbons (Fsp3) is 0.250. The maximum Gasteiger partial charge on any atom is 0.212 e. The number of aryl methyl sites for hydroxylation is 1. The lowest BCUT2D eigenvalue weighted by atomic mass is 10.2. The van der Waals surface area contributed by atoms with Crippen LogP contribution in [-0.2, 0) is 6.42 Å². The van der Waals surface area contributed by atoms with E-state index in [0.29, 0.717) is 23.9 Å². The molecule has 94 valence electrons. The Balaban J connectivity index is 2.19. The van der Waals surface area contributed by atoms with Crippen molar-refractivity contribution in [2.75, 3.05) is 12.5 Å². The summed E-state index contributed by atoms with van der Waals surface area (Å²) in [4.78, 5) is 12.8. The molecule has 0 radical (unpaired) electrons. The number of nitrogens with zero attached hydrogens (tertiary/aromatic N) is 3. The fourth-order valence-corrected chi connectivity index (χ4v) is 1.60. The molecule has 3 N–H and O–H groups in total. The second kappa shape index (κ2) is 5.42. The van der Waals surface area contributed by atoms with Crippen LogP contribution in [0.4, 0.5) is 5.82 Å². The van der Waals surface area contributed by atoms with E-state index in [4.69, 9.17) is 10.6 Å². The minimum atomic E-state index is 0.591. The molecule has 2 rings (SSSR count). The Bertz CT molecular complexity index is 526. The Hall–Kier alpha value is -2.21. The van der Waals surface area contributed by atoms with E-state index in [-0.39, 0.29) is 0 Å². The van der Waals surface area contributed by atoms with Gasteiger partial charge in [0.15, 0.2) is 0 Å². The maximum atomic E-state index is 5.35. The van der Waals surface area contributed by atoms with Crippen LogP contribution < -0.4 is 16.0 Å². The Labute approximate surface area is 105 Å². The molecule has 2 heterocycles. The average molecular weight is 245 g/mol. The molecule has 2 aromatic rings. The molecule has 0 unspecified atom stereocenters. The van der Waals surface area contributed by atoms with E-state index in [1.165, 1.54) is 0 Å². The molecule has 0 saturated heterocycles. The van der Waals surface area contributed by atoms with Crippen LogP contribution in [0.3, 0.4) is 0 Å². The normalized spacial score (nSPS) is 10.2. The van der Waals surface area contributed by atoms with Gasteiger partial charge in [0.25, 0.3) is 0 Å². The first kappa shape index (κ1) is 12.3. The first-order valence-electron chi connectivity index (χ1n) is 5.51. The molecule has 0 spiro atoms. The van der Waals surface area contributed by atoms with Gasteiger partial charge in [-0.25, -0.2) is 20.8 Å². The van der Waals surface area contributed by atoms with Crippen molar-refractivity contribution >= 4 is 5.82 Å². The Morgan fingerprint density at radius 1 is 1.33 bits per heavy atom. The standard InChI is InChI=1S/C12H15N5O/c1-8-5-11(17-13)16-10(15-8)6-9-3-4-12(18-2)14-7-9/h3-5,7H,6,13H2,1-2H3,(H,15,16,17). The molecule has 0 saturated carbocycles. The topological polar surface area (TPSA) is 86.0 Å². The van der Waals surface area contributed by atoms with Gasteiger partial charge in [-0.15, -0.1) is 0 Å². The van der Waals surface area contributed by atoms with E-state index in [1.54, 1.807) is 19.4 Å². The molecular formula is C12H15N5O. The monoisotopic (exact) mass is 245 g/mol. The molecule has 0 aliphatic rings. The van der Waals surface area contributed by atoms with Gasteiger partial charge < -0.3 is 10.2 Å². The van der Waals surface area contributed by atoms with Gasteiger partial charge in [0.05, 0.1) is 7.11 Å². The average Bonchev–Trinajstić information content (AvgIpc) is 2.39. The highest BCUT2D eigenvalue weighted by molar-refractivity contribution is 5.34. The summed E-state index contributed by atoms with van der Waals surface area (Å²) in [5.41, 5.74) is 4.41. The van der Waals surface area contributed by atoms with Crippen LogP contribution >= 0.6 is 0 Å². The van der Waals surface area contributed by atoms with Crippen molar-refractivity contribution < 1.29 is 4.74 Å². The predicted octanol–water partition coefficient (Wildman–Crippen LogP) is 1.07. The van der Waals surface area contributed by atoms with Gasteiger partial charge in [0, 0.05) is 30.4 Å². The summed E-state index contributed by atoms with van der Waals surface area (Å²) < 4.78 is 5.01. The SMILES string of the molecule is COc1ccc(Cc2nc(C)cc(NN)n2)cn1. The summed E-state index contributed by atoms with van der Waals surface area (Å²) in [6, 6.07) is 5.54. The highest BCUT2D eigenvalue weighted by Crippen LogP contribution is 2.11. The van der Waals surface area contributed by atoms with Gasteiger partial charge in [-0.3, -0.25) is 0 Å². The molecule has 2 aromatic heterocycles. The van der Waals surface area contributed by atoms with Crippen LogP contribution in [0.25, 0.3) is 0 Å². The van der Waals surface area contributed by atoms with Crippen LogP contribution in [0.1, 0.15) is 17.1 Å². The van der Waals surface area contributed by atoms with Gasteiger partial charge in [0.2, 0.25) is 5.88 Å². The number of nitrogen functional groups attached to an aromatic ring is 1. The third-order valence-electron chi connectivity index (χ3n) is 2.42. The van der Waals surface area contributed by atoms with Crippen molar-refractivity contribution in [1.82, 2.24) is 15.0 Å². The molecule has 0 fully saturated rings. The molecule has 0 aromatic carbocycles. The molecule has 0 amide bonds. The first-order chi connectivity index (χ1) is 8.71. The summed E-state index contributed by atoms with van der Waals surface area (Å²) in [6.07, 6.45) is 2.35. The van der Waals surface area contributed by atoms with Crippen molar-refractivity contribution in [3.63, 3.8) is 0 Å². The van der Waals surface area contributed by atoms with Gasteiger partial charge in [-0.05, 0) is 12.5 Å². The third-order valence-corrected chi connectivity index (χ3v) is 2.42. The fourth-order valence-electron chi connectivity index (χ4n) is 1.60. The van der Waals surface area contributed by atoms with Gasteiger partial charge in [0.1, 0.15) is 11.6 Å². The zero-order chi connectivity index (χ0) is 13.0. The molecule has 6 nitrogen and oxygen atoms in total. The Kier molecular flexibility index (Phi) is 3.69. The van der Waals surface area contributed by atoms with Crippen molar-refractivity contribution in [3.8, 4) is 5.88 Å². The molecule has 0 aliphatic carbocycles. The van der Waals surface area contributed by atoms with Crippen molar-refractivity contribution in [1.29, 1.82) is 0 Å². The molecule has 18 heavy (non-hydrogen) atoms. The third kappa shape index (κ3) is 2.92. The summed E-state index contributed by atoms with van der Waals surface area (Å²) >= 11 is 0. The number of methoxy groups -OCH3 is 1. The van der Waals surface area contributed by atoms with Crippen molar-refractivity contribution in [3.05, 3.63) is 41.5 Å². The van der Waals surface area contributed by atoms with Gasteiger partial charge >= 0.3 is 0 Å². The second-order valence-electron chi connectivity index (χ2n) is 3.84. The van der Waals surface area contributed by atoms with E-state index >= 15 is 0 Å². The summed E-state index contributed by atoms with van der Waals surface area (Å²) in [6.45, 7) is 1.90. The number of rotatable bonds is 4. The highest BCUT2D eigenvalue weighted by atomic mass is 16.5. The molecule has 0 bridgehead atoms. The van der Waals surface area contributed by atoms with E-state index in [1.807, 2.05) is 19.1 Å². The number of hydrogen-bond acceptors (Lipinski definition) is 6. The van der Waals surface area contributed by atoms with Crippen LogP contribution in [0.2, 0.25) is 0 Å². The lowest BCUT2D eigenvalue weighted by Crippen LogP contribution is -2.11. The predicted molar refractivity (Wildman–Crippen MR) is 68.2 cm³/mol. The maximum absolute atomic E-state index is 5.35. The quantitative estimate of drug-likeness (QED) is 0.619. The zero-order valence-electron chi connectivity index (χ0n) is 10.3. The Morgan fingerprint density at radius 3 is 2.78 bits per heavy atom. The first-order valence-corrected chi connectivity index (χ1v) is 5.51. The summed E-state index contributed by atoms with van der Waals surface area (Å²) in [5.74, 6) is 7.25. The van der Waals surface area contributed by atoms with Crippen LogP contribution in [0.15, 0.2) is 24.4 Å². The number of anilines is 1. The summed E-state index contributed by atoms with van der Waals surface area (Å²) in [5, 5.41) is 0.